The van der Waals surface area contributed by atoms with Crippen LogP contribution in [-0.2, 0) is 40.6 Å². The number of hydrogen-bond donors (Lipinski definition) is 1. The average Bonchev–Trinajstić information content (AvgIpc) is 2.60. The van der Waals surface area contributed by atoms with E-state index < -0.39 is 5.60 Å². The van der Waals surface area contributed by atoms with Crippen LogP contribution in [0.4, 0.5) is 0 Å². The van der Waals surface area contributed by atoms with Gasteiger partial charge in [0, 0.05) is 6.42 Å². The Kier molecular flexibility index (Phi) is 43.2. The Bertz CT molecular complexity index is 322. The van der Waals surface area contributed by atoms with E-state index in [0.29, 0.717) is 6.42 Å². The van der Waals surface area contributed by atoms with Crippen molar-refractivity contribution in [2.45, 2.75) is 57.7 Å². The van der Waals surface area contributed by atoms with Crippen molar-refractivity contribution in [2.75, 3.05) is 0 Å². The molecule has 6 nitrogen and oxygen atoms in total. The van der Waals surface area contributed by atoms with E-state index in [2.05, 4.69) is 33.5 Å². The van der Waals surface area contributed by atoms with Crippen LogP contribution in [0.25, 0.3) is 0 Å². The smallest absolute Gasteiger partial charge is 2.00 e. The van der Waals surface area contributed by atoms with Crippen LogP contribution in [0, 0.1) is 39.2 Å². The molecule has 0 bridgehead atoms. The second-order valence-corrected chi connectivity index (χ2v) is 4.64. The van der Waals surface area contributed by atoms with Crippen molar-refractivity contribution in [3.8, 4) is 0 Å². The first-order valence-electron chi connectivity index (χ1n) is 7.05. The van der Waals surface area contributed by atoms with Crippen molar-refractivity contribution in [3.63, 3.8) is 0 Å². The molecule has 0 amide bonds. The molecular weight excluding hydrogens is 368 g/mol. The molecular formula is C18H24FeO6+. The van der Waals surface area contributed by atoms with Gasteiger partial charge in [-0.2, -0.15) is 0 Å². The van der Waals surface area contributed by atoms with Crippen molar-refractivity contribution >= 4 is 6.47 Å². The fraction of sp³-hybridized carbons (Fsp3) is 0.500. The van der Waals surface area contributed by atoms with Crippen molar-refractivity contribution in [2.24, 2.45) is 0 Å². The zero-order valence-corrected chi connectivity index (χ0v) is 15.6. The predicted molar refractivity (Wildman–Crippen MR) is 84.8 cm³/mol. The van der Waals surface area contributed by atoms with Gasteiger partial charge in [0.05, 0.1) is 11.7 Å². The average molecular weight is 392 g/mol. The fourth-order valence-electron chi connectivity index (χ4n) is 1.60. The molecule has 0 aliphatic heterocycles. The van der Waals surface area contributed by atoms with Gasteiger partial charge in [-0.05, 0) is 39.0 Å². The van der Waals surface area contributed by atoms with Crippen molar-refractivity contribution in [1.82, 2.24) is 0 Å². The summed E-state index contributed by atoms with van der Waals surface area (Å²) < 4.78 is 27.3. The van der Waals surface area contributed by atoms with E-state index in [0.717, 1.165) is 25.7 Å². The number of hydrogen-bond acceptors (Lipinski definition) is 3. The van der Waals surface area contributed by atoms with Crippen LogP contribution in [0.15, 0.2) is 12.7 Å². The van der Waals surface area contributed by atoms with Crippen LogP contribution in [0.2, 0.25) is 0 Å². The molecule has 0 aromatic rings. The summed E-state index contributed by atoms with van der Waals surface area (Å²) in [4.78, 5) is 10.3. The van der Waals surface area contributed by atoms with E-state index >= 15 is 0 Å². The Balaban J connectivity index is -0.000000171. The minimum absolute atomic E-state index is 0. The van der Waals surface area contributed by atoms with Crippen LogP contribution in [-0.4, -0.2) is 23.3 Å². The normalized spacial score (nSPS) is 11.6. The molecule has 0 unspecified atom stereocenters. The Morgan fingerprint density at radius 2 is 1.76 bits per heavy atom. The molecule has 0 aromatic heterocycles. The molecule has 0 spiro atoms. The molecule has 0 aliphatic rings. The maximum atomic E-state index is 10.3. The molecule has 0 fully saturated rings. The van der Waals surface area contributed by atoms with Crippen LogP contribution >= 0.6 is 0 Å². The SMILES string of the molecule is C=CC[C@@](C)(O)[CH][CH][CH][C@@H](CCCCC)O[C-]=O.[C-]#[O+].[C-]#[O+].[C-]#[O+].[Fe+2]. The van der Waals surface area contributed by atoms with Crippen molar-refractivity contribution in [3.05, 3.63) is 51.9 Å². The Morgan fingerprint density at radius 1 is 1.24 bits per heavy atom. The summed E-state index contributed by atoms with van der Waals surface area (Å²) in [6, 6.07) is 0. The van der Waals surface area contributed by atoms with Gasteiger partial charge in [-0.3, -0.25) is 0 Å². The van der Waals surface area contributed by atoms with Gasteiger partial charge in [-0.25, -0.2) is 0 Å². The molecule has 0 heterocycles. The molecule has 25 heavy (non-hydrogen) atoms. The third-order valence-electron chi connectivity index (χ3n) is 2.63. The van der Waals surface area contributed by atoms with E-state index in [1.165, 1.54) is 6.47 Å². The first-order chi connectivity index (χ1) is 11.6. The van der Waals surface area contributed by atoms with E-state index in [1.807, 2.05) is 0 Å². The number of rotatable bonds is 12. The second-order valence-electron chi connectivity index (χ2n) is 4.64. The second kappa shape index (κ2) is 30.8. The van der Waals surface area contributed by atoms with Gasteiger partial charge in [0.2, 0.25) is 0 Å². The molecule has 1 N–H and O–H groups in total. The minimum atomic E-state index is -0.906. The molecule has 3 radical (unpaired) electrons. The quantitative estimate of drug-likeness (QED) is 0.181. The maximum absolute atomic E-state index is 10.3. The topological polar surface area (TPSA) is 106 Å². The van der Waals surface area contributed by atoms with Gasteiger partial charge >= 0.3 is 51.0 Å². The summed E-state index contributed by atoms with van der Waals surface area (Å²) in [6.45, 7) is 22.4. The van der Waals surface area contributed by atoms with E-state index in [9.17, 15) is 9.90 Å². The largest absolute Gasteiger partial charge is 2.00 e. The Hall–Kier alpha value is -1.09. The summed E-state index contributed by atoms with van der Waals surface area (Å²) in [6.07, 6.45) is 11.1. The zero-order valence-electron chi connectivity index (χ0n) is 14.5. The summed E-state index contributed by atoms with van der Waals surface area (Å²) in [5.74, 6) is 0. The molecule has 7 heteroatoms. The molecule has 139 valence electrons. The molecule has 0 saturated carbocycles. The van der Waals surface area contributed by atoms with Gasteiger partial charge in [0.25, 0.3) is 0 Å². The predicted octanol–water partition coefficient (Wildman–Crippen LogP) is 2.84. The minimum Gasteiger partial charge on any atom is 2.00 e. The summed E-state index contributed by atoms with van der Waals surface area (Å²) in [5.41, 5.74) is -0.906. The van der Waals surface area contributed by atoms with Crippen LogP contribution in [0.1, 0.15) is 46.0 Å². The third kappa shape index (κ3) is 31.2. The molecule has 0 aromatic carbocycles. The van der Waals surface area contributed by atoms with Crippen molar-refractivity contribution < 1.29 is 45.7 Å². The van der Waals surface area contributed by atoms with Crippen LogP contribution in [0.3, 0.4) is 0 Å². The molecule has 0 rings (SSSR count). The fourth-order valence-corrected chi connectivity index (χ4v) is 1.60. The van der Waals surface area contributed by atoms with Crippen LogP contribution < -0.4 is 0 Å². The summed E-state index contributed by atoms with van der Waals surface area (Å²) in [7, 11) is 0. The van der Waals surface area contributed by atoms with E-state index in [-0.39, 0.29) is 23.2 Å². The Morgan fingerprint density at radius 3 is 2.16 bits per heavy atom. The zero-order chi connectivity index (χ0) is 19.9. The molecule has 0 aliphatic carbocycles. The first kappa shape index (κ1) is 35.1. The summed E-state index contributed by atoms with van der Waals surface area (Å²) >= 11 is 0. The van der Waals surface area contributed by atoms with Gasteiger partial charge in [0.15, 0.2) is 0 Å². The van der Waals surface area contributed by atoms with E-state index in [4.69, 9.17) is 18.7 Å². The maximum Gasteiger partial charge on any atom is 2.00 e. The monoisotopic (exact) mass is 392 g/mol. The number of aliphatic hydroxyl groups is 1. The number of ether oxygens (including phenoxy) is 1. The van der Waals surface area contributed by atoms with Crippen molar-refractivity contribution in [1.29, 1.82) is 0 Å². The van der Waals surface area contributed by atoms with Crippen LogP contribution in [0.5, 0.6) is 0 Å². The first-order valence-corrected chi connectivity index (χ1v) is 7.05. The number of carbonyl (C=O) groups excluding carboxylic acids is 1. The molecule has 0 saturated heterocycles. The van der Waals surface area contributed by atoms with Gasteiger partial charge < -0.3 is 14.6 Å². The molecule has 2 atom stereocenters. The standard InChI is InChI=1S/C15H24O3.3CO.Fe/c1-4-6-7-9-14(18-13-16)10-8-12-15(3,17)11-5-2;3*1-2;/h5,8,10,12,14,17H,2,4,6-7,9,11H2,1,3H3;;;;/q-1;;;;+2/t14-,15-;;;;/m1..../s1. The van der Waals surface area contributed by atoms with Gasteiger partial charge in [-0.1, -0.05) is 32.3 Å². The van der Waals surface area contributed by atoms with Gasteiger partial charge in [-0.15, -0.1) is 6.58 Å². The number of unbranched alkanes of at least 4 members (excludes halogenated alkanes) is 2. The third-order valence-corrected chi connectivity index (χ3v) is 2.63. The van der Waals surface area contributed by atoms with Gasteiger partial charge in [0.1, 0.15) is 0 Å². The summed E-state index contributed by atoms with van der Waals surface area (Å²) in [5, 5.41) is 9.88. The Labute approximate surface area is 162 Å². The van der Waals surface area contributed by atoms with E-state index in [1.54, 1.807) is 32.3 Å².